The van der Waals surface area contributed by atoms with Gasteiger partial charge in [-0.05, 0) is 43.7 Å². The molecule has 0 aliphatic heterocycles. The average Bonchev–Trinajstić information content (AvgIpc) is 2.63. The van der Waals surface area contributed by atoms with Gasteiger partial charge in [0.2, 0.25) is 5.91 Å². The van der Waals surface area contributed by atoms with E-state index < -0.39 is 11.6 Å². The first-order valence-electron chi connectivity index (χ1n) is 8.71. The van der Waals surface area contributed by atoms with Crippen LogP contribution in [-0.2, 0) is 9.59 Å². The van der Waals surface area contributed by atoms with Crippen molar-refractivity contribution < 1.29 is 19.4 Å². The maximum atomic E-state index is 12.1. The van der Waals surface area contributed by atoms with Crippen LogP contribution in [0.1, 0.15) is 34.1 Å². The van der Waals surface area contributed by atoms with Crippen molar-refractivity contribution in [1.82, 2.24) is 0 Å². The summed E-state index contributed by atoms with van der Waals surface area (Å²) in [7, 11) is 0. The zero-order chi connectivity index (χ0) is 20.9. The van der Waals surface area contributed by atoms with Crippen LogP contribution in [0.3, 0.4) is 0 Å². The van der Waals surface area contributed by atoms with Crippen LogP contribution in [0.15, 0.2) is 73.4 Å². The molecule has 0 bridgehead atoms. The Morgan fingerprint density at radius 2 is 1.74 bits per heavy atom. The molecule has 1 aromatic carbocycles. The van der Waals surface area contributed by atoms with Crippen LogP contribution in [0.2, 0.25) is 0 Å². The molecule has 0 spiro atoms. The van der Waals surface area contributed by atoms with E-state index in [1.807, 2.05) is 13.8 Å². The summed E-state index contributed by atoms with van der Waals surface area (Å²) in [6.07, 6.45) is 8.74. The number of ether oxygens (including phenoxy) is 1. The minimum Gasteiger partial charge on any atom is -0.478 e. The fourth-order valence-electron chi connectivity index (χ4n) is 1.85. The van der Waals surface area contributed by atoms with Gasteiger partial charge in [0.05, 0.1) is 6.42 Å². The molecule has 0 aromatic heterocycles. The Bertz CT molecular complexity index is 698. The van der Waals surface area contributed by atoms with Crippen molar-refractivity contribution >= 4 is 17.6 Å². The Labute approximate surface area is 161 Å². The maximum Gasteiger partial charge on any atom is 0.347 e. The average molecular weight is 371 g/mol. The second kappa shape index (κ2) is 12.3. The lowest BCUT2D eigenvalue weighted by Gasteiger charge is -2.21. The minimum absolute atomic E-state index is 0.179. The number of carbonyl (C=O) groups is 2. The monoisotopic (exact) mass is 371 g/mol. The molecule has 5 nitrogen and oxygen atoms in total. The van der Waals surface area contributed by atoms with Crippen molar-refractivity contribution in [3.05, 3.63) is 73.4 Å². The second-order valence-electron chi connectivity index (χ2n) is 5.74. The number of allylic oxidation sites excluding steroid dienone is 5. The number of rotatable bonds is 9. The van der Waals surface area contributed by atoms with Crippen LogP contribution in [-0.4, -0.2) is 22.6 Å². The first-order valence-corrected chi connectivity index (χ1v) is 8.71. The topological polar surface area (TPSA) is 75.6 Å². The van der Waals surface area contributed by atoms with Gasteiger partial charge in [-0.25, -0.2) is 4.79 Å². The second-order valence-corrected chi connectivity index (χ2v) is 5.74. The van der Waals surface area contributed by atoms with E-state index in [1.165, 1.54) is 13.8 Å². The Balaban J connectivity index is 0.00000326. The first kappa shape index (κ1) is 23.9. The smallest absolute Gasteiger partial charge is 0.347 e. The molecule has 0 heterocycles. The number of carbonyl (C=O) groups excluding carboxylic acids is 1. The van der Waals surface area contributed by atoms with Crippen molar-refractivity contribution in [3.8, 4) is 5.75 Å². The van der Waals surface area contributed by atoms with Crippen molar-refractivity contribution in [2.45, 2.75) is 39.7 Å². The predicted octanol–water partition coefficient (Wildman–Crippen LogP) is 5.14. The maximum absolute atomic E-state index is 12.1. The number of benzene rings is 1. The lowest BCUT2D eigenvalue weighted by Crippen LogP contribution is -2.37. The molecule has 27 heavy (non-hydrogen) atoms. The molecule has 0 atom stereocenters. The molecule has 146 valence electrons. The molecule has 0 radical (unpaired) electrons. The van der Waals surface area contributed by atoms with Gasteiger partial charge >= 0.3 is 5.97 Å². The quantitative estimate of drug-likeness (QED) is 0.590. The number of amides is 1. The number of carboxylic acid groups (broad SMARTS) is 1. The van der Waals surface area contributed by atoms with E-state index in [2.05, 4.69) is 18.5 Å². The van der Waals surface area contributed by atoms with E-state index in [4.69, 9.17) is 9.84 Å². The zero-order valence-corrected chi connectivity index (χ0v) is 16.5. The van der Waals surface area contributed by atoms with Crippen molar-refractivity contribution in [2.24, 2.45) is 0 Å². The zero-order valence-electron chi connectivity index (χ0n) is 16.5. The van der Waals surface area contributed by atoms with E-state index in [0.29, 0.717) is 11.4 Å². The van der Waals surface area contributed by atoms with Gasteiger partial charge in [-0.3, -0.25) is 4.79 Å². The van der Waals surface area contributed by atoms with Gasteiger partial charge < -0.3 is 15.2 Å². The van der Waals surface area contributed by atoms with Gasteiger partial charge in [-0.15, -0.1) is 0 Å². The number of hydrogen-bond acceptors (Lipinski definition) is 3. The van der Waals surface area contributed by atoms with Gasteiger partial charge in [-0.1, -0.05) is 57.4 Å². The molecule has 0 saturated heterocycles. The Morgan fingerprint density at radius 3 is 2.22 bits per heavy atom. The summed E-state index contributed by atoms with van der Waals surface area (Å²) in [4.78, 5) is 23.2. The molecule has 0 unspecified atom stereocenters. The van der Waals surface area contributed by atoms with E-state index in [1.54, 1.807) is 54.6 Å². The highest BCUT2D eigenvalue weighted by Crippen LogP contribution is 2.21. The number of nitrogens with one attached hydrogen (secondary N) is 1. The Hall–Kier alpha value is -3.08. The standard InChI is InChI=1S/C20H23NO4.C2H6/c1-5-7-9-15(8-6-2)14-18(22)21-16-10-12-17(13-11-16)25-20(3,4)19(23)24;1-2/h5-13H,1-2,14H2,3-4H3,(H,21,22)(H,23,24);1-2H3/b9-7-,15-8+;. The van der Waals surface area contributed by atoms with E-state index in [0.717, 1.165) is 5.57 Å². The molecular formula is C22H29NO4. The lowest BCUT2D eigenvalue weighted by molar-refractivity contribution is -0.152. The summed E-state index contributed by atoms with van der Waals surface area (Å²) in [5.74, 6) is -0.827. The van der Waals surface area contributed by atoms with Crippen LogP contribution in [0.5, 0.6) is 5.75 Å². The van der Waals surface area contributed by atoms with Gasteiger partial charge in [0, 0.05) is 5.69 Å². The van der Waals surface area contributed by atoms with Gasteiger partial charge in [-0.2, -0.15) is 0 Å². The van der Waals surface area contributed by atoms with E-state index in [9.17, 15) is 9.59 Å². The summed E-state index contributed by atoms with van der Waals surface area (Å²) in [5.41, 5.74) is 0.0683. The number of carboxylic acids is 1. The summed E-state index contributed by atoms with van der Waals surface area (Å²) in [6, 6.07) is 6.53. The van der Waals surface area contributed by atoms with Crippen molar-refractivity contribution in [2.75, 3.05) is 5.32 Å². The molecule has 1 amide bonds. The van der Waals surface area contributed by atoms with Crippen molar-refractivity contribution in [3.63, 3.8) is 0 Å². The third-order valence-corrected chi connectivity index (χ3v) is 3.17. The molecule has 0 saturated carbocycles. The molecule has 1 rings (SSSR count). The van der Waals surface area contributed by atoms with Crippen LogP contribution >= 0.6 is 0 Å². The molecule has 0 fully saturated rings. The number of anilines is 1. The van der Waals surface area contributed by atoms with Gasteiger partial charge in [0.1, 0.15) is 5.75 Å². The van der Waals surface area contributed by atoms with Crippen molar-refractivity contribution in [1.29, 1.82) is 0 Å². The number of aliphatic carboxylic acids is 1. The summed E-state index contributed by atoms with van der Waals surface area (Å²) in [5, 5.41) is 11.8. The van der Waals surface area contributed by atoms with Gasteiger partial charge in [0.15, 0.2) is 5.60 Å². The lowest BCUT2D eigenvalue weighted by atomic mass is 10.1. The highest BCUT2D eigenvalue weighted by Gasteiger charge is 2.29. The molecule has 0 aliphatic rings. The third kappa shape index (κ3) is 9.26. The highest BCUT2D eigenvalue weighted by atomic mass is 16.5. The molecule has 5 heteroatoms. The van der Waals surface area contributed by atoms with Crippen LogP contribution in [0.4, 0.5) is 5.69 Å². The fraction of sp³-hybridized carbons (Fsp3) is 0.273. The Kier molecular flexibility index (Phi) is 10.9. The fourth-order valence-corrected chi connectivity index (χ4v) is 1.85. The van der Waals surface area contributed by atoms with Crippen LogP contribution in [0, 0.1) is 0 Å². The van der Waals surface area contributed by atoms with Crippen LogP contribution < -0.4 is 10.1 Å². The highest BCUT2D eigenvalue weighted by molar-refractivity contribution is 5.92. The molecular weight excluding hydrogens is 342 g/mol. The van der Waals surface area contributed by atoms with E-state index in [-0.39, 0.29) is 12.3 Å². The molecule has 2 N–H and O–H groups in total. The third-order valence-electron chi connectivity index (χ3n) is 3.17. The van der Waals surface area contributed by atoms with E-state index >= 15 is 0 Å². The number of hydrogen-bond donors (Lipinski definition) is 2. The SMILES string of the molecule is C=C/C=C\C(=C/C=C)CC(=O)Nc1ccc(OC(C)(C)C(=O)O)cc1.CC. The Morgan fingerprint density at radius 1 is 1.15 bits per heavy atom. The molecule has 0 aliphatic carbocycles. The summed E-state index contributed by atoms with van der Waals surface area (Å²) in [6.45, 7) is 14.2. The minimum atomic E-state index is -1.33. The first-order chi connectivity index (χ1) is 12.8. The van der Waals surface area contributed by atoms with Crippen LogP contribution in [0.25, 0.3) is 0 Å². The van der Waals surface area contributed by atoms with Gasteiger partial charge in [0.25, 0.3) is 0 Å². The summed E-state index contributed by atoms with van der Waals surface area (Å²) >= 11 is 0. The largest absolute Gasteiger partial charge is 0.478 e. The normalized spacial score (nSPS) is 11.2. The predicted molar refractivity (Wildman–Crippen MR) is 111 cm³/mol. The molecule has 1 aromatic rings. The summed E-state index contributed by atoms with van der Waals surface area (Å²) < 4.78 is 5.41.